The van der Waals surface area contributed by atoms with Crippen molar-refractivity contribution >= 4 is 37.6 Å². The van der Waals surface area contributed by atoms with Gasteiger partial charge in [0.05, 0.1) is 17.5 Å². The second-order valence-corrected chi connectivity index (χ2v) is 6.61. The number of carboxylic acid groups (broad SMARTS) is 1. The van der Waals surface area contributed by atoms with Crippen molar-refractivity contribution < 1.29 is 18.3 Å². The maximum atomic E-state index is 11.5. The summed E-state index contributed by atoms with van der Waals surface area (Å²) < 4.78 is 24.8. The third-order valence-electron chi connectivity index (χ3n) is 2.65. The smallest absolute Gasteiger partial charge is 0.336 e. The van der Waals surface area contributed by atoms with E-state index in [0.29, 0.717) is 23.1 Å². The van der Waals surface area contributed by atoms with Crippen LogP contribution in [0.2, 0.25) is 0 Å². The Balaban J connectivity index is 2.60. The maximum absolute atomic E-state index is 11.5. The highest BCUT2D eigenvalue weighted by molar-refractivity contribution is 9.10. The van der Waals surface area contributed by atoms with Gasteiger partial charge in [0.25, 0.3) is 0 Å². The Kier molecular flexibility index (Phi) is 2.90. The summed E-state index contributed by atoms with van der Waals surface area (Å²) in [6.45, 7) is 0.365. The maximum Gasteiger partial charge on any atom is 0.336 e. The summed E-state index contributed by atoms with van der Waals surface area (Å²) in [6.07, 6.45) is 1.71. The molecule has 0 unspecified atom stereocenters. The van der Waals surface area contributed by atoms with E-state index in [0.717, 1.165) is 11.8 Å². The quantitative estimate of drug-likeness (QED) is 0.895. The van der Waals surface area contributed by atoms with Crippen molar-refractivity contribution in [3.05, 3.63) is 27.7 Å². The molecule has 17 heavy (non-hydrogen) atoms. The van der Waals surface area contributed by atoms with Gasteiger partial charge in [-0.1, -0.05) is 0 Å². The van der Waals surface area contributed by atoms with Crippen LogP contribution in [0.4, 0.5) is 5.69 Å². The normalized spacial score (nSPS) is 14.8. The minimum absolute atomic E-state index is 0.0688. The van der Waals surface area contributed by atoms with E-state index >= 15 is 0 Å². The predicted octanol–water partition coefficient (Wildman–Crippen LogP) is 1.47. The van der Waals surface area contributed by atoms with Crippen LogP contribution in [-0.4, -0.2) is 32.3 Å². The van der Waals surface area contributed by atoms with Crippen LogP contribution in [0.3, 0.4) is 0 Å². The van der Waals surface area contributed by atoms with Gasteiger partial charge in [-0.05, 0) is 40.0 Å². The molecule has 7 heteroatoms. The molecule has 1 aliphatic heterocycles. The molecule has 2 rings (SSSR count). The average Bonchev–Trinajstić information content (AvgIpc) is 2.57. The molecule has 5 nitrogen and oxygen atoms in total. The second-order valence-electron chi connectivity index (χ2n) is 3.85. The second kappa shape index (κ2) is 3.99. The van der Waals surface area contributed by atoms with Gasteiger partial charge in [-0.15, -0.1) is 0 Å². The van der Waals surface area contributed by atoms with Crippen LogP contribution in [0, 0.1) is 0 Å². The molecule has 1 aromatic rings. The number of hydrogen-bond acceptors (Lipinski definition) is 3. The van der Waals surface area contributed by atoms with Crippen LogP contribution < -0.4 is 4.31 Å². The molecule has 0 atom stereocenters. The Morgan fingerprint density at radius 1 is 1.47 bits per heavy atom. The Hall–Kier alpha value is -1.08. The van der Waals surface area contributed by atoms with E-state index in [1.54, 1.807) is 6.07 Å². The monoisotopic (exact) mass is 319 g/mol. The number of carbonyl (C=O) groups is 1. The molecule has 1 aliphatic rings. The Bertz CT molecular complexity index is 597. The summed E-state index contributed by atoms with van der Waals surface area (Å²) in [4.78, 5) is 11.0. The number of aromatic carboxylic acids is 1. The van der Waals surface area contributed by atoms with Gasteiger partial charge in [-0.2, -0.15) is 0 Å². The van der Waals surface area contributed by atoms with Gasteiger partial charge in [-0.3, -0.25) is 4.31 Å². The number of hydrogen-bond donors (Lipinski definition) is 1. The highest BCUT2D eigenvalue weighted by Gasteiger charge is 2.28. The van der Waals surface area contributed by atoms with Gasteiger partial charge in [0.1, 0.15) is 0 Å². The number of fused-ring (bicyclic) bond motifs is 1. The van der Waals surface area contributed by atoms with Crippen molar-refractivity contribution in [1.29, 1.82) is 0 Å². The molecule has 1 aromatic carbocycles. The average molecular weight is 320 g/mol. The molecular weight excluding hydrogens is 310 g/mol. The van der Waals surface area contributed by atoms with E-state index in [4.69, 9.17) is 5.11 Å². The van der Waals surface area contributed by atoms with Crippen LogP contribution in [0.1, 0.15) is 15.9 Å². The van der Waals surface area contributed by atoms with Crippen LogP contribution in [0.25, 0.3) is 0 Å². The van der Waals surface area contributed by atoms with E-state index < -0.39 is 16.0 Å². The number of sulfonamides is 1. The number of anilines is 1. The standard InChI is InChI=1S/C10H10BrNO4S/c1-17(15,16)12-3-2-6-4-8(11)7(10(13)14)5-9(6)12/h4-5H,2-3H2,1H3,(H,13,14). The lowest BCUT2D eigenvalue weighted by molar-refractivity contribution is 0.0696. The Morgan fingerprint density at radius 3 is 2.65 bits per heavy atom. The van der Waals surface area contributed by atoms with E-state index in [-0.39, 0.29) is 5.56 Å². The van der Waals surface area contributed by atoms with Crippen molar-refractivity contribution in [2.24, 2.45) is 0 Å². The van der Waals surface area contributed by atoms with E-state index in [9.17, 15) is 13.2 Å². The van der Waals surface area contributed by atoms with Gasteiger partial charge in [-0.25, -0.2) is 13.2 Å². The fourth-order valence-corrected chi connectivity index (χ4v) is 3.40. The Labute approximate surface area is 107 Å². The SMILES string of the molecule is CS(=O)(=O)N1CCc2cc(Br)c(C(=O)O)cc21. The van der Waals surface area contributed by atoms with Crippen molar-refractivity contribution in [2.75, 3.05) is 17.1 Å². The number of nitrogens with zero attached hydrogens (tertiary/aromatic N) is 1. The van der Waals surface area contributed by atoms with E-state index in [1.165, 1.54) is 10.4 Å². The third-order valence-corrected chi connectivity index (χ3v) is 4.49. The largest absolute Gasteiger partial charge is 0.478 e. The van der Waals surface area contributed by atoms with Gasteiger partial charge in [0.2, 0.25) is 10.0 Å². The first-order chi connectivity index (χ1) is 7.80. The number of benzene rings is 1. The van der Waals surface area contributed by atoms with E-state index in [1.807, 2.05) is 0 Å². The molecule has 0 amide bonds. The molecule has 1 heterocycles. The Morgan fingerprint density at radius 2 is 2.12 bits per heavy atom. The first-order valence-electron chi connectivity index (χ1n) is 4.84. The lowest BCUT2D eigenvalue weighted by atomic mass is 10.1. The fourth-order valence-electron chi connectivity index (χ4n) is 1.89. The predicted molar refractivity (Wildman–Crippen MR) is 67.0 cm³/mol. The van der Waals surface area contributed by atoms with Crippen molar-refractivity contribution in [2.45, 2.75) is 6.42 Å². The zero-order chi connectivity index (χ0) is 12.8. The summed E-state index contributed by atoms with van der Waals surface area (Å²) >= 11 is 3.17. The van der Waals surface area contributed by atoms with Crippen LogP contribution in [0.15, 0.2) is 16.6 Å². The zero-order valence-electron chi connectivity index (χ0n) is 8.97. The van der Waals surface area contributed by atoms with Crippen LogP contribution in [0.5, 0.6) is 0 Å². The first kappa shape index (κ1) is 12.4. The summed E-state index contributed by atoms with van der Waals surface area (Å²) in [7, 11) is -3.35. The first-order valence-corrected chi connectivity index (χ1v) is 7.48. The van der Waals surface area contributed by atoms with Crippen molar-refractivity contribution in [1.82, 2.24) is 0 Å². The minimum atomic E-state index is -3.35. The fraction of sp³-hybridized carbons (Fsp3) is 0.300. The molecule has 0 spiro atoms. The van der Waals surface area contributed by atoms with E-state index in [2.05, 4.69) is 15.9 Å². The summed E-state index contributed by atoms with van der Waals surface area (Å²) in [5, 5.41) is 8.99. The highest BCUT2D eigenvalue weighted by atomic mass is 79.9. The van der Waals surface area contributed by atoms with Gasteiger partial charge in [0.15, 0.2) is 0 Å². The molecule has 92 valence electrons. The summed E-state index contributed by atoms with van der Waals surface area (Å²) in [6, 6.07) is 3.07. The van der Waals surface area contributed by atoms with Crippen LogP contribution in [-0.2, 0) is 16.4 Å². The molecule has 0 radical (unpaired) electrons. The van der Waals surface area contributed by atoms with Gasteiger partial charge in [0, 0.05) is 11.0 Å². The minimum Gasteiger partial charge on any atom is -0.478 e. The molecule has 0 aliphatic carbocycles. The van der Waals surface area contributed by atoms with Gasteiger partial charge >= 0.3 is 5.97 Å². The van der Waals surface area contributed by atoms with Gasteiger partial charge < -0.3 is 5.11 Å². The number of rotatable bonds is 2. The lowest BCUT2D eigenvalue weighted by Gasteiger charge is -2.17. The highest BCUT2D eigenvalue weighted by Crippen LogP contribution is 2.34. The number of carboxylic acids is 1. The third kappa shape index (κ3) is 2.16. The summed E-state index contributed by atoms with van der Waals surface area (Å²) in [5.74, 6) is -1.08. The molecule has 0 bridgehead atoms. The van der Waals surface area contributed by atoms with Crippen LogP contribution >= 0.6 is 15.9 Å². The van der Waals surface area contributed by atoms with Crippen molar-refractivity contribution in [3.8, 4) is 0 Å². The molecule has 0 saturated heterocycles. The summed E-state index contributed by atoms with van der Waals surface area (Å²) in [5.41, 5.74) is 1.37. The number of halogens is 1. The molecule has 0 aromatic heterocycles. The van der Waals surface area contributed by atoms with Crippen molar-refractivity contribution in [3.63, 3.8) is 0 Å². The lowest BCUT2D eigenvalue weighted by Crippen LogP contribution is -2.27. The zero-order valence-corrected chi connectivity index (χ0v) is 11.4. The molecule has 0 saturated carbocycles. The topological polar surface area (TPSA) is 74.7 Å². The molecule has 1 N–H and O–H groups in total. The molecule has 0 fully saturated rings. The molecular formula is C10H10BrNO4S.